The summed E-state index contributed by atoms with van der Waals surface area (Å²) in [6.45, 7) is 5.55. The van der Waals surface area contributed by atoms with Crippen LogP contribution in [0.4, 0.5) is 10.8 Å². The van der Waals surface area contributed by atoms with Crippen molar-refractivity contribution in [3.63, 3.8) is 0 Å². The number of carbonyl (C=O) groups excluding carboxylic acids is 2. The van der Waals surface area contributed by atoms with Crippen molar-refractivity contribution in [1.29, 1.82) is 0 Å². The number of nitrogens with one attached hydrogen (secondary N) is 1. The van der Waals surface area contributed by atoms with Gasteiger partial charge >= 0.3 is 0 Å². The molecule has 0 aliphatic heterocycles. The van der Waals surface area contributed by atoms with Crippen molar-refractivity contribution >= 4 is 45.7 Å². The fourth-order valence-electron chi connectivity index (χ4n) is 2.44. The van der Waals surface area contributed by atoms with Crippen LogP contribution in [0.25, 0.3) is 0 Å². The summed E-state index contributed by atoms with van der Waals surface area (Å²) in [4.78, 5) is 25.6. The molecular weight excluding hydrogens is 356 g/mol. The van der Waals surface area contributed by atoms with Gasteiger partial charge in [-0.3, -0.25) is 14.5 Å². The number of nitrogens with zero attached hydrogens (tertiary/aromatic N) is 3. The average Bonchev–Trinajstić information content (AvgIpc) is 3.27. The zero-order valence-corrected chi connectivity index (χ0v) is 16.0. The van der Waals surface area contributed by atoms with E-state index >= 15 is 0 Å². The van der Waals surface area contributed by atoms with Crippen LogP contribution in [0.3, 0.4) is 0 Å². The second-order valence-corrected chi connectivity index (χ2v) is 8.23. The SMILES string of the molecule is CC(=O)N(c1nnc(SCC(=O)Nc2cccc(C)c2C)s1)C1CC1. The second-order valence-electron chi connectivity index (χ2n) is 6.06. The van der Waals surface area contributed by atoms with E-state index in [4.69, 9.17) is 0 Å². The van der Waals surface area contributed by atoms with Gasteiger partial charge in [0.05, 0.1) is 5.75 Å². The van der Waals surface area contributed by atoms with Crippen molar-refractivity contribution in [1.82, 2.24) is 10.2 Å². The lowest BCUT2D eigenvalue weighted by Gasteiger charge is -2.15. The molecule has 1 heterocycles. The van der Waals surface area contributed by atoms with Gasteiger partial charge < -0.3 is 5.32 Å². The van der Waals surface area contributed by atoms with E-state index in [-0.39, 0.29) is 23.6 Å². The summed E-state index contributed by atoms with van der Waals surface area (Å²) in [5, 5.41) is 11.8. The Kier molecular flexibility index (Phi) is 5.39. The molecular formula is C17H20N4O2S2. The number of anilines is 2. The topological polar surface area (TPSA) is 75.2 Å². The van der Waals surface area contributed by atoms with E-state index in [1.807, 2.05) is 32.0 Å². The molecule has 8 heteroatoms. The molecule has 0 unspecified atom stereocenters. The summed E-state index contributed by atoms with van der Waals surface area (Å²) in [6, 6.07) is 6.10. The van der Waals surface area contributed by atoms with Crippen LogP contribution in [0, 0.1) is 13.8 Å². The maximum atomic E-state index is 12.2. The van der Waals surface area contributed by atoms with Crippen LogP contribution in [-0.2, 0) is 9.59 Å². The van der Waals surface area contributed by atoms with Crippen LogP contribution in [0.1, 0.15) is 30.9 Å². The Hall–Kier alpha value is -1.93. The third-order valence-electron chi connectivity index (χ3n) is 4.06. The summed E-state index contributed by atoms with van der Waals surface area (Å²) >= 11 is 2.69. The Labute approximate surface area is 155 Å². The Bertz CT molecular complexity index is 802. The molecule has 1 saturated carbocycles. The van der Waals surface area contributed by atoms with E-state index < -0.39 is 0 Å². The highest BCUT2D eigenvalue weighted by Gasteiger charge is 2.34. The minimum atomic E-state index is -0.0823. The quantitative estimate of drug-likeness (QED) is 0.618. The largest absolute Gasteiger partial charge is 0.325 e. The number of thioether (sulfide) groups is 1. The molecule has 3 rings (SSSR count). The van der Waals surface area contributed by atoms with Crippen molar-refractivity contribution in [2.24, 2.45) is 0 Å². The number of aryl methyl sites for hydroxylation is 1. The maximum absolute atomic E-state index is 12.2. The Balaban J connectivity index is 1.57. The molecule has 1 aliphatic rings. The Morgan fingerprint density at radius 2 is 2.08 bits per heavy atom. The lowest BCUT2D eigenvalue weighted by atomic mass is 10.1. The number of amides is 2. The summed E-state index contributed by atoms with van der Waals surface area (Å²) in [7, 11) is 0. The second kappa shape index (κ2) is 7.53. The number of hydrogen-bond acceptors (Lipinski definition) is 6. The van der Waals surface area contributed by atoms with Gasteiger partial charge in [0, 0.05) is 18.7 Å². The standard InChI is InChI=1S/C17H20N4O2S2/c1-10-5-4-6-14(11(10)2)18-15(23)9-24-17-20-19-16(25-17)21(12(3)22)13-7-8-13/h4-6,13H,7-9H2,1-3H3,(H,18,23). The molecule has 6 nitrogen and oxygen atoms in total. The fourth-order valence-corrected chi connectivity index (χ4v) is 4.20. The minimum absolute atomic E-state index is 0.0112. The number of rotatable bonds is 6. The summed E-state index contributed by atoms with van der Waals surface area (Å²) < 4.78 is 0.693. The molecule has 0 spiro atoms. The highest BCUT2D eigenvalue weighted by atomic mass is 32.2. The van der Waals surface area contributed by atoms with Crippen molar-refractivity contribution in [3.8, 4) is 0 Å². The molecule has 1 aromatic heterocycles. The third kappa shape index (κ3) is 4.38. The highest BCUT2D eigenvalue weighted by molar-refractivity contribution is 8.01. The van der Waals surface area contributed by atoms with Gasteiger partial charge in [-0.05, 0) is 43.9 Å². The first kappa shape index (κ1) is 17.9. The molecule has 1 fully saturated rings. The molecule has 2 amide bonds. The van der Waals surface area contributed by atoms with Gasteiger partial charge in [-0.2, -0.15) is 0 Å². The van der Waals surface area contributed by atoms with Gasteiger partial charge in [-0.15, -0.1) is 10.2 Å². The molecule has 1 aliphatic carbocycles. The minimum Gasteiger partial charge on any atom is -0.325 e. The van der Waals surface area contributed by atoms with Crippen LogP contribution in [0.15, 0.2) is 22.5 Å². The smallest absolute Gasteiger partial charge is 0.234 e. The third-order valence-corrected chi connectivity index (χ3v) is 6.11. The maximum Gasteiger partial charge on any atom is 0.234 e. The molecule has 1 aromatic carbocycles. The molecule has 0 saturated heterocycles. The first-order valence-corrected chi connectivity index (χ1v) is 9.88. The average molecular weight is 377 g/mol. The molecule has 0 atom stereocenters. The van der Waals surface area contributed by atoms with Gasteiger partial charge in [0.1, 0.15) is 0 Å². The summed E-state index contributed by atoms with van der Waals surface area (Å²) in [5.74, 6) is 0.162. The first-order chi connectivity index (χ1) is 12.0. The van der Waals surface area contributed by atoms with Crippen molar-refractivity contribution < 1.29 is 9.59 Å². The predicted molar refractivity (Wildman–Crippen MR) is 101 cm³/mol. The lowest BCUT2D eigenvalue weighted by molar-refractivity contribution is -0.116. The highest BCUT2D eigenvalue weighted by Crippen LogP contribution is 2.35. The Morgan fingerprint density at radius 1 is 1.32 bits per heavy atom. The molecule has 2 aromatic rings. The van der Waals surface area contributed by atoms with Crippen LogP contribution in [0.5, 0.6) is 0 Å². The van der Waals surface area contributed by atoms with E-state index in [2.05, 4.69) is 15.5 Å². The van der Waals surface area contributed by atoms with Gasteiger partial charge in [-0.1, -0.05) is 35.2 Å². The van der Waals surface area contributed by atoms with Gasteiger partial charge in [0.25, 0.3) is 0 Å². The van der Waals surface area contributed by atoms with Crippen LogP contribution >= 0.6 is 23.1 Å². The van der Waals surface area contributed by atoms with Crippen molar-refractivity contribution in [2.45, 2.75) is 44.0 Å². The van der Waals surface area contributed by atoms with Crippen LogP contribution < -0.4 is 10.2 Å². The molecule has 1 N–H and O–H groups in total. The number of aromatic nitrogens is 2. The van der Waals surface area contributed by atoms with E-state index in [0.29, 0.717) is 9.47 Å². The van der Waals surface area contributed by atoms with Crippen LogP contribution in [-0.4, -0.2) is 33.8 Å². The lowest BCUT2D eigenvalue weighted by Crippen LogP contribution is -2.30. The van der Waals surface area contributed by atoms with E-state index in [9.17, 15) is 9.59 Å². The van der Waals surface area contributed by atoms with E-state index in [0.717, 1.165) is 29.7 Å². The van der Waals surface area contributed by atoms with Gasteiger partial charge in [0.15, 0.2) is 4.34 Å². The number of hydrogen-bond donors (Lipinski definition) is 1. The van der Waals surface area contributed by atoms with Crippen LogP contribution in [0.2, 0.25) is 0 Å². The summed E-state index contributed by atoms with van der Waals surface area (Å²) in [6.07, 6.45) is 2.03. The summed E-state index contributed by atoms with van der Waals surface area (Å²) in [5.41, 5.74) is 3.05. The zero-order valence-electron chi connectivity index (χ0n) is 14.4. The molecule has 0 radical (unpaired) electrons. The van der Waals surface area contributed by atoms with Crippen molar-refractivity contribution in [2.75, 3.05) is 16.0 Å². The predicted octanol–water partition coefficient (Wildman–Crippen LogP) is 3.40. The van der Waals surface area contributed by atoms with E-state index in [1.54, 1.807) is 11.8 Å². The van der Waals surface area contributed by atoms with Gasteiger partial charge in [0.2, 0.25) is 16.9 Å². The van der Waals surface area contributed by atoms with Crippen molar-refractivity contribution in [3.05, 3.63) is 29.3 Å². The number of benzene rings is 1. The van der Waals surface area contributed by atoms with Gasteiger partial charge in [-0.25, -0.2) is 0 Å². The zero-order chi connectivity index (χ0) is 18.0. The Morgan fingerprint density at radius 3 is 2.76 bits per heavy atom. The molecule has 25 heavy (non-hydrogen) atoms. The normalized spacial score (nSPS) is 13.6. The monoisotopic (exact) mass is 376 g/mol. The van der Waals surface area contributed by atoms with E-state index in [1.165, 1.54) is 23.1 Å². The first-order valence-electron chi connectivity index (χ1n) is 8.08. The molecule has 132 valence electrons. The fraction of sp³-hybridized carbons (Fsp3) is 0.412. The number of carbonyl (C=O) groups is 2. The molecule has 0 bridgehead atoms.